The Morgan fingerprint density at radius 1 is 1.41 bits per heavy atom. The predicted octanol–water partition coefficient (Wildman–Crippen LogP) is 0.0914. The number of aromatic nitrogens is 2. The Labute approximate surface area is 100 Å². The second-order valence-corrected chi connectivity index (χ2v) is 4.30. The summed E-state index contributed by atoms with van der Waals surface area (Å²) in [5.41, 5.74) is 1.99. The molecule has 7 heteroatoms. The molecule has 0 atom stereocenters. The second-order valence-electron chi connectivity index (χ2n) is 4.30. The molecule has 0 amide bonds. The zero-order chi connectivity index (χ0) is 12.9. The van der Waals surface area contributed by atoms with Crippen LogP contribution >= 0.6 is 0 Å². The summed E-state index contributed by atoms with van der Waals surface area (Å²) in [7, 11) is 1.57. The molecule has 0 aliphatic heterocycles. The Morgan fingerprint density at radius 2 is 2.06 bits per heavy atom. The maximum absolute atomic E-state index is 9.18. The maximum Gasteiger partial charge on any atom is 0.158 e. The molecule has 0 aliphatic rings. The molecule has 5 N–H and O–H groups in total. The van der Waals surface area contributed by atoms with Crippen molar-refractivity contribution in [3.05, 3.63) is 11.9 Å². The maximum atomic E-state index is 9.18. The highest BCUT2D eigenvalue weighted by Crippen LogP contribution is 2.16. The van der Waals surface area contributed by atoms with Crippen LogP contribution in [-0.2, 0) is 11.3 Å². The molecule has 7 nitrogen and oxygen atoms in total. The molecular weight excluding hydrogens is 222 g/mol. The largest absolute Gasteiger partial charge is 0.394 e. The number of aliphatic hydroxyl groups excluding tert-OH is 1. The number of ether oxygens (including phenoxy) is 1. The van der Waals surface area contributed by atoms with Gasteiger partial charge in [0.05, 0.1) is 12.1 Å². The number of rotatable bonds is 6. The summed E-state index contributed by atoms with van der Waals surface area (Å²) in [4.78, 5) is 8.37. The summed E-state index contributed by atoms with van der Waals surface area (Å²) in [6.07, 6.45) is 0. The van der Waals surface area contributed by atoms with Crippen molar-refractivity contribution in [2.75, 3.05) is 24.5 Å². The molecule has 0 unspecified atom stereocenters. The lowest BCUT2D eigenvalue weighted by Crippen LogP contribution is -2.35. The third-order valence-electron chi connectivity index (χ3n) is 2.06. The van der Waals surface area contributed by atoms with E-state index in [1.165, 1.54) is 0 Å². The fourth-order valence-electron chi connectivity index (χ4n) is 1.21. The molecule has 1 aromatic heterocycles. The van der Waals surface area contributed by atoms with Gasteiger partial charge in [-0.2, -0.15) is 0 Å². The summed E-state index contributed by atoms with van der Waals surface area (Å²) < 4.78 is 4.97. The van der Waals surface area contributed by atoms with Crippen LogP contribution in [0, 0.1) is 0 Å². The lowest BCUT2D eigenvalue weighted by molar-refractivity contribution is 0.178. The summed E-state index contributed by atoms with van der Waals surface area (Å²) in [6.45, 7) is 4.01. The lowest BCUT2D eigenvalue weighted by Gasteiger charge is -2.24. The van der Waals surface area contributed by atoms with Gasteiger partial charge in [-0.1, -0.05) is 0 Å². The highest BCUT2D eigenvalue weighted by atomic mass is 16.5. The molecule has 17 heavy (non-hydrogen) atoms. The zero-order valence-electron chi connectivity index (χ0n) is 10.3. The number of hydrogen-bond acceptors (Lipinski definition) is 7. The van der Waals surface area contributed by atoms with Crippen LogP contribution in [0.5, 0.6) is 0 Å². The molecule has 0 aromatic carbocycles. The van der Waals surface area contributed by atoms with Crippen molar-refractivity contribution in [1.29, 1.82) is 0 Å². The van der Waals surface area contributed by atoms with Gasteiger partial charge in [-0.15, -0.1) is 0 Å². The van der Waals surface area contributed by atoms with Crippen molar-refractivity contribution in [2.24, 2.45) is 5.84 Å². The summed E-state index contributed by atoms with van der Waals surface area (Å²) in [5, 5.41) is 12.3. The number of nitrogens with two attached hydrogens (primary N) is 1. The average Bonchev–Trinajstić information content (AvgIpc) is 2.28. The Hall–Kier alpha value is -1.44. The van der Waals surface area contributed by atoms with Crippen molar-refractivity contribution in [3.8, 4) is 0 Å². The van der Waals surface area contributed by atoms with Gasteiger partial charge in [0.25, 0.3) is 0 Å². The Balaban J connectivity index is 2.94. The Kier molecular flexibility index (Phi) is 4.62. The molecule has 0 fully saturated rings. The van der Waals surface area contributed by atoms with E-state index < -0.39 is 5.54 Å². The number of hydrazine groups is 1. The van der Waals surface area contributed by atoms with Gasteiger partial charge in [0, 0.05) is 13.2 Å². The molecule has 0 radical (unpaired) electrons. The van der Waals surface area contributed by atoms with Crippen LogP contribution < -0.4 is 16.6 Å². The van der Waals surface area contributed by atoms with E-state index in [0.717, 1.165) is 0 Å². The van der Waals surface area contributed by atoms with Crippen molar-refractivity contribution in [3.63, 3.8) is 0 Å². The fourth-order valence-corrected chi connectivity index (χ4v) is 1.21. The lowest BCUT2D eigenvalue weighted by atomic mass is 10.1. The highest BCUT2D eigenvalue weighted by molar-refractivity contribution is 5.48. The van der Waals surface area contributed by atoms with E-state index in [1.54, 1.807) is 13.2 Å². The third-order valence-corrected chi connectivity index (χ3v) is 2.06. The zero-order valence-corrected chi connectivity index (χ0v) is 10.3. The van der Waals surface area contributed by atoms with Crippen LogP contribution in [0.1, 0.15) is 19.7 Å². The normalized spacial score (nSPS) is 11.4. The smallest absolute Gasteiger partial charge is 0.158 e. The van der Waals surface area contributed by atoms with Crippen LogP contribution in [0.2, 0.25) is 0 Å². The monoisotopic (exact) mass is 241 g/mol. The van der Waals surface area contributed by atoms with Crippen LogP contribution in [-0.4, -0.2) is 34.3 Å². The van der Waals surface area contributed by atoms with Crippen molar-refractivity contribution < 1.29 is 9.84 Å². The number of hydrogen-bond donors (Lipinski definition) is 4. The first kappa shape index (κ1) is 13.6. The van der Waals surface area contributed by atoms with Gasteiger partial charge >= 0.3 is 0 Å². The van der Waals surface area contributed by atoms with Crippen LogP contribution in [0.3, 0.4) is 0 Å². The third kappa shape index (κ3) is 4.14. The minimum absolute atomic E-state index is 0.0119. The number of nitrogens with one attached hydrogen (secondary N) is 2. The van der Waals surface area contributed by atoms with Crippen molar-refractivity contribution in [2.45, 2.75) is 26.0 Å². The number of nitrogen functional groups attached to an aromatic ring is 1. The van der Waals surface area contributed by atoms with Gasteiger partial charge in [0.2, 0.25) is 0 Å². The minimum atomic E-state index is -0.468. The van der Waals surface area contributed by atoms with Gasteiger partial charge in [0.1, 0.15) is 18.2 Å². The molecule has 1 rings (SSSR count). The van der Waals surface area contributed by atoms with E-state index in [-0.39, 0.29) is 6.61 Å². The van der Waals surface area contributed by atoms with E-state index in [1.807, 2.05) is 13.8 Å². The Morgan fingerprint density at radius 3 is 2.59 bits per heavy atom. The summed E-state index contributed by atoms with van der Waals surface area (Å²) in [6, 6.07) is 1.66. The van der Waals surface area contributed by atoms with Gasteiger partial charge in [0.15, 0.2) is 5.82 Å². The van der Waals surface area contributed by atoms with E-state index >= 15 is 0 Å². The van der Waals surface area contributed by atoms with Gasteiger partial charge in [-0.05, 0) is 13.8 Å². The Bertz CT molecular complexity index is 370. The van der Waals surface area contributed by atoms with E-state index in [0.29, 0.717) is 24.1 Å². The summed E-state index contributed by atoms with van der Waals surface area (Å²) >= 11 is 0. The molecule has 0 saturated carbocycles. The topological polar surface area (TPSA) is 105 Å². The standard InChI is InChI=1S/C10H19N5O2/c1-10(2,6-16)14-7-4-8(15-11)13-9(12-7)5-17-3/h4,16H,5-6,11H2,1-3H3,(H2,12,13,14,15). The van der Waals surface area contributed by atoms with Crippen LogP contribution in [0.4, 0.5) is 11.6 Å². The molecule has 0 spiro atoms. The quantitative estimate of drug-likeness (QED) is 0.413. The minimum Gasteiger partial charge on any atom is -0.394 e. The molecule has 0 saturated heterocycles. The van der Waals surface area contributed by atoms with Crippen molar-refractivity contribution >= 4 is 11.6 Å². The molecule has 0 bridgehead atoms. The average molecular weight is 241 g/mol. The molecule has 96 valence electrons. The number of aliphatic hydroxyl groups is 1. The first-order valence-electron chi connectivity index (χ1n) is 5.23. The predicted molar refractivity (Wildman–Crippen MR) is 65.3 cm³/mol. The van der Waals surface area contributed by atoms with Crippen LogP contribution in [0.25, 0.3) is 0 Å². The first-order valence-corrected chi connectivity index (χ1v) is 5.23. The SMILES string of the molecule is COCc1nc(NN)cc(NC(C)(C)CO)n1. The van der Waals surface area contributed by atoms with Gasteiger partial charge < -0.3 is 20.6 Å². The van der Waals surface area contributed by atoms with Gasteiger partial charge in [-0.25, -0.2) is 15.8 Å². The molecule has 0 aliphatic carbocycles. The first-order chi connectivity index (χ1) is 8.00. The molecule has 1 heterocycles. The number of anilines is 2. The van der Waals surface area contributed by atoms with Crippen LogP contribution in [0.15, 0.2) is 6.07 Å². The molecular formula is C10H19N5O2. The van der Waals surface area contributed by atoms with Crippen molar-refractivity contribution in [1.82, 2.24) is 9.97 Å². The van der Waals surface area contributed by atoms with E-state index in [4.69, 9.17) is 10.6 Å². The number of nitrogens with zero attached hydrogens (tertiary/aromatic N) is 2. The second kappa shape index (κ2) is 5.76. The van der Waals surface area contributed by atoms with Gasteiger partial charge in [-0.3, -0.25) is 0 Å². The number of methoxy groups -OCH3 is 1. The highest BCUT2D eigenvalue weighted by Gasteiger charge is 2.17. The molecule has 1 aromatic rings. The van der Waals surface area contributed by atoms with E-state index in [9.17, 15) is 5.11 Å². The van der Waals surface area contributed by atoms with E-state index in [2.05, 4.69) is 20.7 Å². The fraction of sp³-hybridized carbons (Fsp3) is 0.600. The summed E-state index contributed by atoms with van der Waals surface area (Å²) in [5.74, 6) is 6.91.